The van der Waals surface area contributed by atoms with E-state index in [0.29, 0.717) is 50.5 Å². The maximum Gasteiger partial charge on any atom is 0.275 e. The molecule has 7 nitrogen and oxygen atoms in total. The lowest BCUT2D eigenvalue weighted by molar-refractivity contribution is 0.0299. The third-order valence-corrected chi connectivity index (χ3v) is 5.04. The average molecular weight is 371 g/mol. The molecule has 1 aliphatic heterocycles. The van der Waals surface area contributed by atoms with Crippen LogP contribution in [0.25, 0.3) is 0 Å². The van der Waals surface area contributed by atoms with Crippen LogP contribution in [0.4, 0.5) is 0 Å². The molecular weight excluding hydrogens is 346 g/mol. The van der Waals surface area contributed by atoms with Crippen molar-refractivity contribution in [2.75, 3.05) is 33.4 Å². The van der Waals surface area contributed by atoms with Gasteiger partial charge in [0.1, 0.15) is 12.0 Å². The summed E-state index contributed by atoms with van der Waals surface area (Å²) in [4.78, 5) is 21.1. The number of amides is 1. The van der Waals surface area contributed by atoms with E-state index < -0.39 is 0 Å². The fourth-order valence-corrected chi connectivity index (χ4v) is 3.39. The molecule has 2 aliphatic rings. The minimum absolute atomic E-state index is 0.0870. The quantitative estimate of drug-likeness (QED) is 0.744. The molecule has 0 N–H and O–H groups in total. The van der Waals surface area contributed by atoms with Crippen molar-refractivity contribution in [2.24, 2.45) is 0 Å². The van der Waals surface area contributed by atoms with Crippen molar-refractivity contribution >= 4 is 5.91 Å². The maximum absolute atomic E-state index is 12.5. The first kappa shape index (κ1) is 18.0. The number of carbonyl (C=O) groups excluding carboxylic acids is 1. The molecule has 0 bridgehead atoms. The number of hydrogen-bond acceptors (Lipinski definition) is 6. The van der Waals surface area contributed by atoms with Crippen molar-refractivity contribution in [3.8, 4) is 5.75 Å². The highest BCUT2D eigenvalue weighted by molar-refractivity contribution is 5.92. The van der Waals surface area contributed by atoms with E-state index in [2.05, 4.69) is 16.0 Å². The number of carbonyl (C=O) groups is 1. The Kier molecular flexibility index (Phi) is 5.40. The van der Waals surface area contributed by atoms with Crippen molar-refractivity contribution in [3.63, 3.8) is 0 Å². The van der Waals surface area contributed by atoms with Gasteiger partial charge in [-0.3, -0.25) is 9.69 Å². The number of methoxy groups -OCH3 is 1. The fourth-order valence-electron chi connectivity index (χ4n) is 3.39. The molecule has 144 valence electrons. The highest BCUT2D eigenvalue weighted by Gasteiger charge is 2.31. The predicted molar refractivity (Wildman–Crippen MR) is 98.5 cm³/mol. The Bertz CT molecular complexity index is 781. The molecule has 2 fully saturated rings. The molecule has 1 aromatic carbocycles. The van der Waals surface area contributed by atoms with Gasteiger partial charge < -0.3 is 18.8 Å². The molecule has 7 heteroatoms. The third-order valence-electron chi connectivity index (χ3n) is 5.04. The summed E-state index contributed by atoms with van der Waals surface area (Å²) in [7, 11) is 1.69. The number of nitrogens with zero attached hydrogens (tertiary/aromatic N) is 3. The molecule has 1 saturated heterocycles. The zero-order chi connectivity index (χ0) is 18.6. The van der Waals surface area contributed by atoms with E-state index in [4.69, 9.17) is 13.9 Å². The Hall–Kier alpha value is -2.38. The van der Waals surface area contributed by atoms with Gasteiger partial charge >= 0.3 is 0 Å². The van der Waals surface area contributed by atoms with Gasteiger partial charge in [-0.2, -0.15) is 0 Å². The van der Waals surface area contributed by atoms with Gasteiger partial charge in [-0.1, -0.05) is 18.2 Å². The van der Waals surface area contributed by atoms with E-state index >= 15 is 0 Å². The summed E-state index contributed by atoms with van der Waals surface area (Å²) < 4.78 is 16.4. The highest BCUT2D eigenvalue weighted by atomic mass is 16.5. The van der Waals surface area contributed by atoms with Gasteiger partial charge in [0.15, 0.2) is 5.69 Å². The molecular formula is C20H25N3O4. The van der Waals surface area contributed by atoms with Gasteiger partial charge in [0.05, 0.1) is 26.9 Å². The Labute approximate surface area is 158 Å². The standard InChI is InChI=1S/C20H25N3O4/c1-25-18-5-3-2-4-15(18)12-23(16-6-7-16)13-19-21-17(14-27-19)20(24)22-8-10-26-11-9-22/h2-5,14,16H,6-13H2,1H3. The summed E-state index contributed by atoms with van der Waals surface area (Å²) in [6.07, 6.45) is 3.83. The number of benzene rings is 1. The van der Waals surface area contributed by atoms with E-state index in [0.717, 1.165) is 17.9 Å². The Morgan fingerprint density at radius 3 is 2.78 bits per heavy atom. The van der Waals surface area contributed by atoms with Crippen molar-refractivity contribution in [2.45, 2.75) is 32.0 Å². The number of hydrogen-bond donors (Lipinski definition) is 0. The maximum atomic E-state index is 12.5. The van der Waals surface area contributed by atoms with Crippen LogP contribution in [-0.4, -0.2) is 60.1 Å². The Morgan fingerprint density at radius 2 is 2.04 bits per heavy atom. The van der Waals surface area contributed by atoms with E-state index in [1.807, 2.05) is 18.2 Å². The second-order valence-corrected chi connectivity index (χ2v) is 6.98. The fraction of sp³-hybridized carbons (Fsp3) is 0.500. The molecule has 1 aliphatic carbocycles. The summed E-state index contributed by atoms with van der Waals surface area (Å²) in [5.41, 5.74) is 1.52. The summed E-state index contributed by atoms with van der Waals surface area (Å²) in [5, 5.41) is 0. The lowest BCUT2D eigenvalue weighted by atomic mass is 10.2. The monoisotopic (exact) mass is 371 g/mol. The van der Waals surface area contributed by atoms with E-state index in [1.165, 1.54) is 19.1 Å². The van der Waals surface area contributed by atoms with Crippen LogP contribution in [0.3, 0.4) is 0 Å². The molecule has 1 saturated carbocycles. The van der Waals surface area contributed by atoms with Gasteiger partial charge in [-0.05, 0) is 18.9 Å². The molecule has 0 unspecified atom stereocenters. The SMILES string of the molecule is COc1ccccc1CN(Cc1nc(C(=O)N2CCOCC2)co1)C1CC1. The number of aromatic nitrogens is 1. The molecule has 2 heterocycles. The first-order valence-corrected chi connectivity index (χ1v) is 9.42. The molecule has 0 radical (unpaired) electrons. The number of para-hydroxylation sites is 1. The van der Waals surface area contributed by atoms with Crippen LogP contribution in [0.5, 0.6) is 5.75 Å². The van der Waals surface area contributed by atoms with Crippen molar-refractivity contribution in [1.82, 2.24) is 14.8 Å². The van der Waals surface area contributed by atoms with Gasteiger partial charge in [0.2, 0.25) is 5.89 Å². The lowest BCUT2D eigenvalue weighted by Crippen LogP contribution is -2.40. The summed E-state index contributed by atoms with van der Waals surface area (Å²) in [6, 6.07) is 8.58. The smallest absolute Gasteiger partial charge is 0.275 e. The van der Waals surface area contributed by atoms with Crippen LogP contribution in [0.15, 0.2) is 34.9 Å². The summed E-state index contributed by atoms with van der Waals surface area (Å²) in [6.45, 7) is 3.70. The Balaban J connectivity index is 1.43. The summed E-state index contributed by atoms with van der Waals surface area (Å²) >= 11 is 0. The number of morpholine rings is 1. The molecule has 1 aromatic heterocycles. The zero-order valence-electron chi connectivity index (χ0n) is 15.6. The molecule has 27 heavy (non-hydrogen) atoms. The number of rotatable bonds is 7. The highest BCUT2D eigenvalue weighted by Crippen LogP contribution is 2.31. The van der Waals surface area contributed by atoms with Gasteiger partial charge in [0.25, 0.3) is 5.91 Å². The lowest BCUT2D eigenvalue weighted by Gasteiger charge is -2.25. The van der Waals surface area contributed by atoms with Crippen LogP contribution in [0, 0.1) is 0 Å². The van der Waals surface area contributed by atoms with Crippen LogP contribution >= 0.6 is 0 Å². The van der Waals surface area contributed by atoms with Crippen LogP contribution < -0.4 is 4.74 Å². The van der Waals surface area contributed by atoms with Crippen molar-refractivity contribution in [3.05, 3.63) is 47.7 Å². The van der Waals surface area contributed by atoms with Gasteiger partial charge in [0, 0.05) is 31.2 Å². The Morgan fingerprint density at radius 1 is 1.26 bits per heavy atom. The normalized spacial score (nSPS) is 17.3. The topological polar surface area (TPSA) is 68.0 Å². The van der Waals surface area contributed by atoms with Gasteiger partial charge in [-0.15, -0.1) is 0 Å². The molecule has 0 atom stereocenters. The number of ether oxygens (including phenoxy) is 2. The van der Waals surface area contributed by atoms with Gasteiger partial charge in [-0.25, -0.2) is 4.98 Å². The van der Waals surface area contributed by atoms with Crippen molar-refractivity contribution < 1.29 is 18.7 Å². The van der Waals surface area contributed by atoms with E-state index in [9.17, 15) is 4.79 Å². The van der Waals surface area contributed by atoms with Crippen LogP contribution in [0.1, 0.15) is 34.8 Å². The second kappa shape index (κ2) is 8.10. The average Bonchev–Trinajstić information content (AvgIpc) is 3.47. The van der Waals surface area contributed by atoms with Crippen LogP contribution in [-0.2, 0) is 17.8 Å². The zero-order valence-corrected chi connectivity index (χ0v) is 15.6. The first-order valence-electron chi connectivity index (χ1n) is 9.42. The third kappa shape index (κ3) is 4.31. The second-order valence-electron chi connectivity index (χ2n) is 6.98. The van der Waals surface area contributed by atoms with E-state index in [1.54, 1.807) is 12.0 Å². The minimum atomic E-state index is -0.0870. The minimum Gasteiger partial charge on any atom is -0.496 e. The van der Waals surface area contributed by atoms with Crippen LogP contribution in [0.2, 0.25) is 0 Å². The summed E-state index contributed by atoms with van der Waals surface area (Å²) in [5.74, 6) is 1.38. The predicted octanol–water partition coefficient (Wildman–Crippen LogP) is 2.32. The molecule has 0 spiro atoms. The number of oxazole rings is 1. The molecule has 1 amide bonds. The molecule has 4 rings (SSSR count). The first-order chi connectivity index (χ1) is 13.2. The van der Waals surface area contributed by atoms with E-state index in [-0.39, 0.29) is 5.91 Å². The molecule has 2 aromatic rings. The van der Waals surface area contributed by atoms with Crippen molar-refractivity contribution in [1.29, 1.82) is 0 Å². The largest absolute Gasteiger partial charge is 0.496 e.